The highest BCUT2D eigenvalue weighted by atomic mass is 19.2. The van der Waals surface area contributed by atoms with Gasteiger partial charge in [0.1, 0.15) is 5.75 Å². The van der Waals surface area contributed by atoms with Crippen molar-refractivity contribution >= 4 is 0 Å². The van der Waals surface area contributed by atoms with Crippen LogP contribution in [-0.2, 0) is 0 Å². The van der Waals surface area contributed by atoms with Crippen molar-refractivity contribution in [2.75, 3.05) is 7.11 Å². The van der Waals surface area contributed by atoms with Gasteiger partial charge in [-0.15, -0.1) is 0 Å². The average molecular weight is 333 g/mol. The van der Waals surface area contributed by atoms with Crippen molar-refractivity contribution in [3.8, 4) is 28.0 Å². The number of hydrogen-bond donors (Lipinski definition) is 0. The maximum atomic E-state index is 13.8. The Labute approximate surface area is 135 Å². The van der Waals surface area contributed by atoms with Crippen molar-refractivity contribution in [2.45, 2.75) is 0 Å². The molecule has 2 nitrogen and oxygen atoms in total. The summed E-state index contributed by atoms with van der Waals surface area (Å²) in [6, 6.07) is 13.2. The number of nitrogens with zero attached hydrogens (tertiary/aromatic N) is 1. The minimum atomic E-state index is -1.68. The first-order valence-corrected chi connectivity index (χ1v) is 6.96. The molecule has 0 saturated carbocycles. The van der Waals surface area contributed by atoms with Gasteiger partial charge in [-0.3, -0.25) is 0 Å². The molecule has 0 fully saturated rings. The first kappa shape index (κ1) is 16.0. The summed E-state index contributed by atoms with van der Waals surface area (Å²) < 4.78 is 59.1. The van der Waals surface area contributed by atoms with E-state index in [1.807, 2.05) is 12.1 Å². The molecule has 3 rings (SSSR count). The number of hydrogen-bond acceptors (Lipinski definition) is 2. The lowest BCUT2D eigenvalue weighted by Crippen LogP contribution is -2.02. The number of rotatable bonds is 3. The SMILES string of the molecule is COc1ccc(-c2ccc(-c3c(F)c(F)nc(F)c3F)cc2)cc1. The van der Waals surface area contributed by atoms with Gasteiger partial charge < -0.3 is 4.74 Å². The van der Waals surface area contributed by atoms with E-state index in [9.17, 15) is 17.6 Å². The number of pyridine rings is 1. The highest BCUT2D eigenvalue weighted by Crippen LogP contribution is 2.30. The van der Waals surface area contributed by atoms with Gasteiger partial charge in [0.2, 0.25) is 0 Å². The maximum absolute atomic E-state index is 13.8. The molecule has 0 amide bonds. The van der Waals surface area contributed by atoms with Gasteiger partial charge in [0.05, 0.1) is 12.7 Å². The van der Waals surface area contributed by atoms with Crippen LogP contribution in [0.1, 0.15) is 0 Å². The van der Waals surface area contributed by atoms with Crippen LogP contribution in [0.4, 0.5) is 17.6 Å². The van der Waals surface area contributed by atoms with Gasteiger partial charge in [0.15, 0.2) is 11.6 Å². The molecule has 0 spiro atoms. The molecule has 0 N–H and O–H groups in total. The normalized spacial score (nSPS) is 10.7. The minimum Gasteiger partial charge on any atom is -0.497 e. The minimum absolute atomic E-state index is 0.0162. The smallest absolute Gasteiger partial charge is 0.252 e. The Balaban J connectivity index is 2.01. The quantitative estimate of drug-likeness (QED) is 0.498. The number of halogens is 4. The molecule has 0 radical (unpaired) electrons. The van der Waals surface area contributed by atoms with Crippen molar-refractivity contribution in [2.24, 2.45) is 0 Å². The standard InChI is InChI=1S/C18H11F4NO/c1-24-13-8-6-11(7-9-13)10-2-4-12(5-3-10)14-15(19)17(21)23-18(22)16(14)20/h2-9H,1H3. The summed E-state index contributed by atoms with van der Waals surface area (Å²) in [5, 5.41) is 0. The Bertz CT molecular complexity index is 851. The molecule has 24 heavy (non-hydrogen) atoms. The Morgan fingerprint density at radius 2 is 1.08 bits per heavy atom. The van der Waals surface area contributed by atoms with Crippen LogP contribution in [0.2, 0.25) is 0 Å². The zero-order valence-electron chi connectivity index (χ0n) is 12.5. The van der Waals surface area contributed by atoms with Gasteiger partial charge >= 0.3 is 0 Å². The predicted octanol–water partition coefficient (Wildman–Crippen LogP) is 4.98. The molecule has 6 heteroatoms. The first-order valence-electron chi connectivity index (χ1n) is 6.96. The summed E-state index contributed by atoms with van der Waals surface area (Å²) in [6.07, 6.45) is 0. The van der Waals surface area contributed by atoms with Crippen LogP contribution in [-0.4, -0.2) is 12.1 Å². The Morgan fingerprint density at radius 1 is 0.667 bits per heavy atom. The Kier molecular flexibility index (Phi) is 4.20. The van der Waals surface area contributed by atoms with E-state index in [4.69, 9.17) is 4.74 Å². The molecule has 0 bridgehead atoms. The molecule has 0 aliphatic carbocycles. The van der Waals surface area contributed by atoms with Gasteiger partial charge in [0.25, 0.3) is 11.9 Å². The molecule has 1 heterocycles. The van der Waals surface area contributed by atoms with Gasteiger partial charge in [0, 0.05) is 0 Å². The second-order valence-corrected chi connectivity index (χ2v) is 5.00. The van der Waals surface area contributed by atoms with Gasteiger partial charge in [-0.2, -0.15) is 13.8 Å². The van der Waals surface area contributed by atoms with E-state index in [1.54, 1.807) is 31.4 Å². The van der Waals surface area contributed by atoms with Crippen LogP contribution in [0.15, 0.2) is 48.5 Å². The van der Waals surface area contributed by atoms with Crippen LogP contribution in [0.3, 0.4) is 0 Å². The predicted molar refractivity (Wildman–Crippen MR) is 81.5 cm³/mol. The fourth-order valence-electron chi connectivity index (χ4n) is 2.35. The van der Waals surface area contributed by atoms with E-state index in [0.29, 0.717) is 5.75 Å². The second kappa shape index (κ2) is 6.31. The molecule has 3 aromatic rings. The summed E-state index contributed by atoms with van der Waals surface area (Å²) in [6.45, 7) is 0. The van der Waals surface area contributed by atoms with E-state index < -0.39 is 29.1 Å². The van der Waals surface area contributed by atoms with Gasteiger partial charge in [-0.25, -0.2) is 8.78 Å². The molecule has 122 valence electrons. The van der Waals surface area contributed by atoms with Gasteiger partial charge in [-0.1, -0.05) is 36.4 Å². The molecule has 2 aromatic carbocycles. The van der Waals surface area contributed by atoms with Gasteiger partial charge in [-0.05, 0) is 28.8 Å². The van der Waals surface area contributed by atoms with E-state index >= 15 is 0 Å². The summed E-state index contributed by atoms with van der Waals surface area (Å²) in [5.74, 6) is -5.70. The second-order valence-electron chi connectivity index (χ2n) is 5.00. The summed E-state index contributed by atoms with van der Waals surface area (Å²) in [5.41, 5.74) is 0.872. The van der Waals surface area contributed by atoms with Crippen LogP contribution >= 0.6 is 0 Å². The third-order valence-electron chi connectivity index (χ3n) is 3.59. The number of ether oxygens (including phenoxy) is 1. The molecule has 0 unspecified atom stereocenters. The zero-order valence-corrected chi connectivity index (χ0v) is 12.5. The monoisotopic (exact) mass is 333 g/mol. The molecular weight excluding hydrogens is 322 g/mol. The lowest BCUT2D eigenvalue weighted by atomic mass is 10.00. The lowest BCUT2D eigenvalue weighted by Gasteiger charge is -2.08. The Morgan fingerprint density at radius 3 is 1.54 bits per heavy atom. The van der Waals surface area contributed by atoms with Crippen LogP contribution in [0.25, 0.3) is 22.3 Å². The zero-order chi connectivity index (χ0) is 17.3. The third-order valence-corrected chi connectivity index (χ3v) is 3.59. The number of aromatic nitrogens is 1. The van der Waals surface area contributed by atoms with Crippen LogP contribution < -0.4 is 4.74 Å². The van der Waals surface area contributed by atoms with Crippen molar-refractivity contribution in [3.05, 3.63) is 72.1 Å². The average Bonchev–Trinajstić information content (AvgIpc) is 2.61. The number of methoxy groups -OCH3 is 1. The van der Waals surface area contributed by atoms with E-state index in [0.717, 1.165) is 11.1 Å². The molecule has 0 aliphatic rings. The fraction of sp³-hybridized carbons (Fsp3) is 0.0556. The largest absolute Gasteiger partial charge is 0.497 e. The highest BCUT2D eigenvalue weighted by molar-refractivity contribution is 5.71. The third kappa shape index (κ3) is 2.82. The number of benzene rings is 2. The Hall–Kier alpha value is -2.89. The summed E-state index contributed by atoms with van der Waals surface area (Å²) >= 11 is 0. The molecule has 0 atom stereocenters. The van der Waals surface area contributed by atoms with Crippen molar-refractivity contribution in [3.63, 3.8) is 0 Å². The molecule has 1 aromatic heterocycles. The van der Waals surface area contributed by atoms with Crippen LogP contribution in [0, 0.1) is 23.5 Å². The van der Waals surface area contributed by atoms with E-state index in [2.05, 4.69) is 4.98 Å². The van der Waals surface area contributed by atoms with E-state index in [1.165, 1.54) is 12.1 Å². The maximum Gasteiger partial charge on any atom is 0.252 e. The summed E-state index contributed by atoms with van der Waals surface area (Å²) in [7, 11) is 1.56. The highest BCUT2D eigenvalue weighted by Gasteiger charge is 2.21. The van der Waals surface area contributed by atoms with Crippen molar-refractivity contribution in [1.82, 2.24) is 4.98 Å². The first-order chi connectivity index (χ1) is 11.5. The molecule has 0 saturated heterocycles. The molecular formula is C18H11F4NO. The summed E-state index contributed by atoms with van der Waals surface area (Å²) in [4.78, 5) is 2.55. The fourth-order valence-corrected chi connectivity index (χ4v) is 2.35. The topological polar surface area (TPSA) is 22.1 Å². The molecule has 0 aliphatic heterocycles. The van der Waals surface area contributed by atoms with E-state index in [-0.39, 0.29) is 5.56 Å². The lowest BCUT2D eigenvalue weighted by molar-refractivity contribution is 0.410. The van der Waals surface area contributed by atoms with Crippen LogP contribution in [0.5, 0.6) is 5.75 Å². The van der Waals surface area contributed by atoms with Crippen molar-refractivity contribution < 1.29 is 22.3 Å². The van der Waals surface area contributed by atoms with Crippen molar-refractivity contribution in [1.29, 1.82) is 0 Å².